The van der Waals surface area contributed by atoms with E-state index in [1.165, 1.54) is 19.2 Å². The molecule has 1 aliphatic carbocycles. The molecule has 1 fully saturated rings. The van der Waals surface area contributed by atoms with E-state index in [1.54, 1.807) is 0 Å². The lowest BCUT2D eigenvalue weighted by molar-refractivity contribution is 0.276. The largest absolute Gasteiger partial charge is 0.383 e. The van der Waals surface area contributed by atoms with Crippen LogP contribution in [0.3, 0.4) is 0 Å². The standard InChI is InChI=1S/C12H20ClN5/c1-14-10-11(13)16-7-17-12(10)15-6-9(18(2)3)8-4-5-8/h7-9,14H,4-6H2,1-3H3,(H,15,16,17). The maximum Gasteiger partial charge on any atom is 0.157 e. The van der Waals surface area contributed by atoms with Crippen molar-refractivity contribution in [1.29, 1.82) is 0 Å². The fraction of sp³-hybridized carbons (Fsp3) is 0.667. The number of nitrogens with zero attached hydrogens (tertiary/aromatic N) is 3. The van der Waals surface area contributed by atoms with Crippen molar-refractivity contribution in [3.8, 4) is 0 Å². The van der Waals surface area contributed by atoms with Gasteiger partial charge in [-0.25, -0.2) is 9.97 Å². The number of nitrogens with one attached hydrogen (secondary N) is 2. The Morgan fingerprint density at radius 1 is 1.44 bits per heavy atom. The fourth-order valence-electron chi connectivity index (χ4n) is 2.17. The molecule has 0 aliphatic heterocycles. The predicted octanol–water partition coefficient (Wildman–Crippen LogP) is 1.92. The lowest BCUT2D eigenvalue weighted by atomic mass is 10.1. The zero-order chi connectivity index (χ0) is 13.1. The van der Waals surface area contributed by atoms with Crippen molar-refractivity contribution in [2.45, 2.75) is 18.9 Å². The highest BCUT2D eigenvalue weighted by Crippen LogP contribution is 2.35. The van der Waals surface area contributed by atoms with Crippen molar-refractivity contribution in [1.82, 2.24) is 14.9 Å². The van der Waals surface area contributed by atoms with E-state index in [0.717, 1.165) is 24.0 Å². The van der Waals surface area contributed by atoms with E-state index in [4.69, 9.17) is 11.6 Å². The summed E-state index contributed by atoms with van der Waals surface area (Å²) in [5, 5.41) is 6.84. The molecule has 0 aromatic carbocycles. The lowest BCUT2D eigenvalue weighted by Gasteiger charge is -2.25. The van der Waals surface area contributed by atoms with Crippen molar-refractivity contribution < 1.29 is 0 Å². The van der Waals surface area contributed by atoms with Crippen molar-refractivity contribution in [3.63, 3.8) is 0 Å². The van der Waals surface area contributed by atoms with E-state index in [9.17, 15) is 0 Å². The molecule has 2 N–H and O–H groups in total. The summed E-state index contributed by atoms with van der Waals surface area (Å²) in [5.41, 5.74) is 0.757. The van der Waals surface area contributed by atoms with Crippen LogP contribution < -0.4 is 10.6 Å². The Bertz CT molecular complexity index is 403. The topological polar surface area (TPSA) is 53.1 Å². The quantitative estimate of drug-likeness (QED) is 0.773. The Kier molecular flexibility index (Phi) is 4.24. The summed E-state index contributed by atoms with van der Waals surface area (Å²) >= 11 is 6.02. The Morgan fingerprint density at radius 2 is 2.17 bits per heavy atom. The van der Waals surface area contributed by atoms with Crippen LogP contribution in [0.1, 0.15) is 12.8 Å². The monoisotopic (exact) mass is 269 g/mol. The van der Waals surface area contributed by atoms with Crippen molar-refractivity contribution in [2.24, 2.45) is 5.92 Å². The summed E-state index contributed by atoms with van der Waals surface area (Å²) < 4.78 is 0. The Labute approximate surface area is 113 Å². The number of aromatic nitrogens is 2. The van der Waals surface area contributed by atoms with Crippen LogP contribution in [0.5, 0.6) is 0 Å². The van der Waals surface area contributed by atoms with Crippen molar-refractivity contribution in [2.75, 3.05) is 38.3 Å². The van der Waals surface area contributed by atoms with E-state index < -0.39 is 0 Å². The third-order valence-electron chi connectivity index (χ3n) is 3.36. The smallest absolute Gasteiger partial charge is 0.157 e. The second-order valence-corrected chi connectivity index (χ2v) is 5.25. The van der Waals surface area contributed by atoms with Gasteiger partial charge in [-0.05, 0) is 32.9 Å². The minimum Gasteiger partial charge on any atom is -0.383 e. The average molecular weight is 270 g/mol. The van der Waals surface area contributed by atoms with Gasteiger partial charge in [0.2, 0.25) is 0 Å². The summed E-state index contributed by atoms with van der Waals surface area (Å²) in [5.74, 6) is 1.58. The molecule has 1 aromatic rings. The number of halogens is 1. The first-order chi connectivity index (χ1) is 8.63. The second kappa shape index (κ2) is 5.71. The number of likely N-dealkylation sites (N-methyl/N-ethyl adjacent to an activating group) is 1. The zero-order valence-electron chi connectivity index (χ0n) is 11.1. The van der Waals surface area contributed by atoms with E-state index in [2.05, 4.69) is 39.6 Å². The van der Waals surface area contributed by atoms with Crippen LogP contribution in [0.2, 0.25) is 5.15 Å². The van der Waals surface area contributed by atoms with Gasteiger partial charge in [0.25, 0.3) is 0 Å². The maximum atomic E-state index is 6.02. The lowest BCUT2D eigenvalue weighted by Crippen LogP contribution is -2.36. The highest BCUT2D eigenvalue weighted by molar-refractivity contribution is 6.32. The van der Waals surface area contributed by atoms with Gasteiger partial charge in [0.15, 0.2) is 11.0 Å². The van der Waals surface area contributed by atoms with Crippen LogP contribution in [-0.4, -0.2) is 48.6 Å². The summed E-state index contributed by atoms with van der Waals surface area (Å²) in [7, 11) is 6.06. The van der Waals surface area contributed by atoms with Gasteiger partial charge in [-0.3, -0.25) is 0 Å². The summed E-state index contributed by atoms with van der Waals surface area (Å²) in [6, 6.07) is 0.545. The third-order valence-corrected chi connectivity index (χ3v) is 3.65. The van der Waals surface area contributed by atoms with Crippen LogP contribution in [0.4, 0.5) is 11.5 Å². The predicted molar refractivity (Wildman–Crippen MR) is 75.3 cm³/mol. The summed E-state index contributed by atoms with van der Waals surface area (Å²) in [6.45, 7) is 0.875. The summed E-state index contributed by atoms with van der Waals surface area (Å²) in [6.07, 6.45) is 4.13. The van der Waals surface area contributed by atoms with Crippen LogP contribution in [0, 0.1) is 5.92 Å². The number of hydrogen-bond acceptors (Lipinski definition) is 5. The molecule has 0 radical (unpaired) electrons. The van der Waals surface area contributed by atoms with E-state index in [-0.39, 0.29) is 0 Å². The number of rotatable bonds is 6. The van der Waals surface area contributed by atoms with Gasteiger partial charge in [-0.1, -0.05) is 11.6 Å². The summed E-state index contributed by atoms with van der Waals surface area (Å²) in [4.78, 5) is 10.5. The van der Waals surface area contributed by atoms with Crippen LogP contribution in [0.25, 0.3) is 0 Å². The molecular weight excluding hydrogens is 250 g/mol. The SMILES string of the molecule is CNc1c(Cl)ncnc1NCC(C1CC1)N(C)C. The molecule has 1 atom stereocenters. The first-order valence-corrected chi connectivity index (χ1v) is 6.59. The maximum absolute atomic E-state index is 6.02. The number of hydrogen-bond donors (Lipinski definition) is 2. The molecule has 2 rings (SSSR count). The number of anilines is 2. The zero-order valence-corrected chi connectivity index (χ0v) is 11.8. The third kappa shape index (κ3) is 3.03. The van der Waals surface area contributed by atoms with Crippen molar-refractivity contribution >= 4 is 23.1 Å². The minimum absolute atomic E-state index is 0.447. The van der Waals surface area contributed by atoms with E-state index in [0.29, 0.717) is 11.2 Å². The molecule has 5 nitrogen and oxygen atoms in total. The normalized spacial score (nSPS) is 16.7. The molecule has 0 amide bonds. The van der Waals surface area contributed by atoms with E-state index >= 15 is 0 Å². The molecule has 1 heterocycles. The molecule has 0 saturated heterocycles. The fourth-order valence-corrected chi connectivity index (χ4v) is 2.40. The van der Waals surface area contributed by atoms with Gasteiger partial charge in [-0.2, -0.15) is 0 Å². The van der Waals surface area contributed by atoms with Crippen LogP contribution >= 0.6 is 11.6 Å². The van der Waals surface area contributed by atoms with Gasteiger partial charge >= 0.3 is 0 Å². The first kappa shape index (κ1) is 13.4. The highest BCUT2D eigenvalue weighted by Gasteiger charge is 2.32. The second-order valence-electron chi connectivity index (χ2n) is 4.89. The first-order valence-electron chi connectivity index (χ1n) is 6.22. The molecule has 0 bridgehead atoms. The Hall–Kier alpha value is -1.07. The molecule has 1 aliphatic rings. The van der Waals surface area contributed by atoms with Gasteiger partial charge in [0.1, 0.15) is 12.0 Å². The van der Waals surface area contributed by atoms with Gasteiger partial charge in [0.05, 0.1) is 0 Å². The molecule has 100 valence electrons. The average Bonchev–Trinajstić information content (AvgIpc) is 3.13. The van der Waals surface area contributed by atoms with Gasteiger partial charge in [-0.15, -0.1) is 0 Å². The van der Waals surface area contributed by atoms with Crippen LogP contribution in [-0.2, 0) is 0 Å². The molecular formula is C12H20ClN5. The molecule has 0 spiro atoms. The molecule has 1 unspecified atom stereocenters. The van der Waals surface area contributed by atoms with Crippen molar-refractivity contribution in [3.05, 3.63) is 11.5 Å². The molecule has 1 saturated carbocycles. The minimum atomic E-state index is 0.447. The molecule has 6 heteroatoms. The molecule has 18 heavy (non-hydrogen) atoms. The Morgan fingerprint density at radius 3 is 2.72 bits per heavy atom. The highest BCUT2D eigenvalue weighted by atomic mass is 35.5. The van der Waals surface area contributed by atoms with Gasteiger partial charge < -0.3 is 15.5 Å². The Balaban J connectivity index is 2.02. The van der Waals surface area contributed by atoms with Gasteiger partial charge in [0, 0.05) is 19.6 Å². The van der Waals surface area contributed by atoms with Crippen LogP contribution in [0.15, 0.2) is 6.33 Å². The molecule has 1 aromatic heterocycles. The van der Waals surface area contributed by atoms with E-state index in [1.807, 2.05) is 7.05 Å².